The number of allylic oxidation sites excluding steroid dienone is 5. The van der Waals surface area contributed by atoms with Crippen LogP contribution in [0.5, 0.6) is 0 Å². The molecule has 0 aromatic heterocycles. The molecule has 0 atom stereocenters. The van der Waals surface area contributed by atoms with Crippen LogP contribution in [0.25, 0.3) is 0 Å². The second-order valence-corrected chi connectivity index (χ2v) is 4.27. The van der Waals surface area contributed by atoms with Crippen LogP contribution in [0, 0.1) is 6.58 Å². The van der Waals surface area contributed by atoms with Crippen molar-refractivity contribution in [2.24, 2.45) is 0 Å². The summed E-state index contributed by atoms with van der Waals surface area (Å²) in [5, 5.41) is 0. The van der Waals surface area contributed by atoms with Gasteiger partial charge in [0, 0.05) is 0 Å². The molecule has 91 valence electrons. The van der Waals surface area contributed by atoms with E-state index in [0.29, 0.717) is 0 Å². The van der Waals surface area contributed by atoms with E-state index in [4.69, 9.17) is 6.58 Å². The molecule has 0 nitrogen and oxygen atoms in total. The molecule has 16 heavy (non-hydrogen) atoms. The molecular weight excluding hydrogens is 192 g/mol. The van der Waals surface area contributed by atoms with Gasteiger partial charge in [-0.05, 0) is 12.8 Å². The quantitative estimate of drug-likeness (QED) is 0.312. The molecule has 0 amide bonds. The predicted molar refractivity (Wildman–Crippen MR) is 74.4 cm³/mol. The summed E-state index contributed by atoms with van der Waals surface area (Å²) in [7, 11) is 0. The number of hydrogen-bond acceptors (Lipinski definition) is 0. The van der Waals surface area contributed by atoms with Crippen molar-refractivity contribution in [3.63, 3.8) is 0 Å². The van der Waals surface area contributed by atoms with Crippen molar-refractivity contribution in [2.45, 2.75) is 64.7 Å². The molecule has 1 radical (unpaired) electrons. The third kappa shape index (κ3) is 13.2. The summed E-state index contributed by atoms with van der Waals surface area (Å²) in [6, 6.07) is 0. The molecule has 0 saturated heterocycles. The van der Waals surface area contributed by atoms with Gasteiger partial charge in [0.1, 0.15) is 0 Å². The lowest BCUT2D eigenvalue weighted by molar-refractivity contribution is 0.577. The molecule has 0 aliphatic carbocycles. The first-order valence-electron chi connectivity index (χ1n) is 6.78. The van der Waals surface area contributed by atoms with Crippen molar-refractivity contribution in [2.75, 3.05) is 0 Å². The van der Waals surface area contributed by atoms with Crippen LogP contribution in [0.1, 0.15) is 64.7 Å². The van der Waals surface area contributed by atoms with E-state index in [1.165, 1.54) is 57.8 Å². The Bertz CT molecular complexity index is 186. The van der Waals surface area contributed by atoms with Crippen molar-refractivity contribution in [3.8, 4) is 0 Å². The van der Waals surface area contributed by atoms with Gasteiger partial charge in [-0.1, -0.05) is 88.8 Å². The van der Waals surface area contributed by atoms with Gasteiger partial charge in [-0.2, -0.15) is 0 Å². The Morgan fingerprint density at radius 3 is 2.00 bits per heavy atom. The Hall–Kier alpha value is -0.780. The van der Waals surface area contributed by atoms with Crippen LogP contribution in [0.15, 0.2) is 30.4 Å². The van der Waals surface area contributed by atoms with E-state index in [1.54, 1.807) is 6.08 Å². The summed E-state index contributed by atoms with van der Waals surface area (Å²) in [5.41, 5.74) is 0. The summed E-state index contributed by atoms with van der Waals surface area (Å²) in [6.45, 7) is 7.48. The summed E-state index contributed by atoms with van der Waals surface area (Å²) >= 11 is 0. The lowest BCUT2D eigenvalue weighted by atomic mass is 10.1. The maximum Gasteiger partial charge on any atom is -0.0348 e. The van der Waals surface area contributed by atoms with E-state index < -0.39 is 0 Å². The maximum absolute atomic E-state index is 5.21. The Labute approximate surface area is 102 Å². The van der Waals surface area contributed by atoms with E-state index >= 15 is 0 Å². The van der Waals surface area contributed by atoms with E-state index in [0.717, 1.165) is 0 Å². The highest BCUT2D eigenvalue weighted by Crippen LogP contribution is 2.09. The van der Waals surface area contributed by atoms with Gasteiger partial charge in [0.2, 0.25) is 0 Å². The molecule has 0 spiro atoms. The van der Waals surface area contributed by atoms with Crippen LogP contribution in [-0.2, 0) is 0 Å². The second kappa shape index (κ2) is 14.2. The van der Waals surface area contributed by atoms with Crippen LogP contribution in [0.2, 0.25) is 0 Å². The summed E-state index contributed by atoms with van der Waals surface area (Å²) in [4.78, 5) is 0. The molecule has 0 aromatic rings. The monoisotopic (exact) mass is 219 g/mol. The van der Waals surface area contributed by atoms with Crippen molar-refractivity contribution in [1.82, 2.24) is 0 Å². The van der Waals surface area contributed by atoms with Gasteiger partial charge in [0.15, 0.2) is 0 Å². The fourth-order valence-electron chi connectivity index (χ4n) is 1.70. The summed E-state index contributed by atoms with van der Waals surface area (Å²) < 4.78 is 0. The lowest BCUT2D eigenvalue weighted by Crippen LogP contribution is -1.79. The number of unbranched alkanes of at least 4 members (excludes halogenated alkanes) is 8. The fraction of sp³-hybridized carbons (Fsp3) is 0.625. The number of hydrogen-bond donors (Lipinski definition) is 0. The smallest absolute Gasteiger partial charge is 0.0348 e. The van der Waals surface area contributed by atoms with Crippen molar-refractivity contribution in [1.29, 1.82) is 0 Å². The normalized spacial score (nSPS) is 11.6. The SMILES string of the molecule is [CH]=C/C=C\C=C\CCCCCCCCCC. The third-order valence-corrected chi connectivity index (χ3v) is 2.69. The van der Waals surface area contributed by atoms with E-state index in [-0.39, 0.29) is 0 Å². The molecule has 0 bridgehead atoms. The van der Waals surface area contributed by atoms with Crippen LogP contribution in [0.3, 0.4) is 0 Å². The first-order valence-corrected chi connectivity index (χ1v) is 6.78. The molecule has 0 saturated carbocycles. The minimum absolute atomic E-state index is 1.20. The molecule has 0 aliphatic rings. The molecule has 0 heterocycles. The Balaban J connectivity index is 3.06. The van der Waals surface area contributed by atoms with Crippen LogP contribution in [-0.4, -0.2) is 0 Å². The van der Waals surface area contributed by atoms with Gasteiger partial charge in [-0.3, -0.25) is 0 Å². The second-order valence-electron chi connectivity index (χ2n) is 4.27. The van der Waals surface area contributed by atoms with Gasteiger partial charge in [0.05, 0.1) is 0 Å². The lowest BCUT2D eigenvalue weighted by Gasteiger charge is -1.99. The maximum atomic E-state index is 5.21. The van der Waals surface area contributed by atoms with Gasteiger partial charge in [-0.15, -0.1) is 0 Å². The Morgan fingerprint density at radius 1 is 0.750 bits per heavy atom. The highest BCUT2D eigenvalue weighted by atomic mass is 14.0. The first-order chi connectivity index (χ1) is 7.91. The molecule has 0 rings (SSSR count). The highest BCUT2D eigenvalue weighted by Gasteiger charge is 1.89. The van der Waals surface area contributed by atoms with Crippen LogP contribution in [0.4, 0.5) is 0 Å². The van der Waals surface area contributed by atoms with Crippen molar-refractivity contribution in [3.05, 3.63) is 37.0 Å². The van der Waals surface area contributed by atoms with Crippen LogP contribution >= 0.6 is 0 Å². The molecule has 0 unspecified atom stereocenters. The van der Waals surface area contributed by atoms with E-state index in [2.05, 4.69) is 19.1 Å². The topological polar surface area (TPSA) is 0 Å². The minimum Gasteiger partial charge on any atom is -0.0845 e. The zero-order chi connectivity index (χ0) is 11.9. The van der Waals surface area contributed by atoms with Gasteiger partial charge in [0.25, 0.3) is 0 Å². The van der Waals surface area contributed by atoms with Gasteiger partial charge >= 0.3 is 0 Å². The summed E-state index contributed by atoms with van der Waals surface area (Å²) in [5.74, 6) is 0. The standard InChI is InChI=1S/C16H27/c1-3-5-7-9-11-13-15-16-14-12-10-8-6-4-2/h1,3,5,7,9,11H,4,6,8,10,12-16H2,2H3/b3-1?,7-5-,11-9+. The summed E-state index contributed by atoms with van der Waals surface area (Å²) in [6.07, 6.45) is 22.0. The molecular formula is C16H27. The van der Waals surface area contributed by atoms with E-state index in [9.17, 15) is 0 Å². The van der Waals surface area contributed by atoms with Gasteiger partial charge in [-0.25, -0.2) is 0 Å². The molecule has 0 aromatic carbocycles. The highest BCUT2D eigenvalue weighted by molar-refractivity contribution is 5.07. The Morgan fingerprint density at radius 2 is 1.38 bits per heavy atom. The van der Waals surface area contributed by atoms with Crippen LogP contribution < -0.4 is 0 Å². The fourth-order valence-corrected chi connectivity index (χ4v) is 1.70. The van der Waals surface area contributed by atoms with Gasteiger partial charge < -0.3 is 0 Å². The molecule has 0 fully saturated rings. The molecule has 0 N–H and O–H groups in total. The Kier molecular flexibility index (Phi) is 13.5. The van der Waals surface area contributed by atoms with E-state index in [1.807, 2.05) is 12.2 Å². The third-order valence-electron chi connectivity index (χ3n) is 2.69. The average molecular weight is 219 g/mol. The first kappa shape index (κ1) is 15.2. The number of rotatable bonds is 11. The predicted octanol–water partition coefficient (Wildman–Crippen LogP) is 5.62. The van der Waals surface area contributed by atoms with Crippen molar-refractivity contribution >= 4 is 0 Å². The zero-order valence-electron chi connectivity index (χ0n) is 10.8. The average Bonchev–Trinajstić information content (AvgIpc) is 2.31. The molecule has 0 aliphatic heterocycles. The zero-order valence-corrected chi connectivity index (χ0v) is 10.8. The molecule has 0 heteroatoms. The van der Waals surface area contributed by atoms with Crippen molar-refractivity contribution < 1.29 is 0 Å². The minimum atomic E-state index is 1.20. The largest absolute Gasteiger partial charge is 0.0845 e.